The minimum absolute atomic E-state index is 0.566. The van der Waals surface area contributed by atoms with Gasteiger partial charge in [0, 0.05) is 38.1 Å². The fourth-order valence-corrected chi connectivity index (χ4v) is 7.84. The predicted molar refractivity (Wildman–Crippen MR) is 213 cm³/mol. The van der Waals surface area contributed by atoms with Gasteiger partial charge in [-0.05, 0) is 58.6 Å². The van der Waals surface area contributed by atoms with E-state index >= 15 is 0 Å². The SMILES string of the molecule is c1ccc(-c2nc(-c3ccc(-n4c5ccccc5c5cc6ccccc6cc54)c4ccccc34)nc(-c3cccc4c3oc3ccccc34)n2)cc1. The van der Waals surface area contributed by atoms with Crippen molar-refractivity contribution < 1.29 is 4.42 Å². The summed E-state index contributed by atoms with van der Waals surface area (Å²) in [4.78, 5) is 15.4. The summed E-state index contributed by atoms with van der Waals surface area (Å²) in [5.41, 5.74) is 7.72. The van der Waals surface area contributed by atoms with Gasteiger partial charge in [-0.3, -0.25) is 0 Å². The van der Waals surface area contributed by atoms with Crippen molar-refractivity contribution in [1.82, 2.24) is 19.5 Å². The topological polar surface area (TPSA) is 56.7 Å². The highest BCUT2D eigenvalue weighted by atomic mass is 16.3. The van der Waals surface area contributed by atoms with Gasteiger partial charge >= 0.3 is 0 Å². The molecule has 0 amide bonds. The van der Waals surface area contributed by atoms with Gasteiger partial charge in [0.2, 0.25) is 0 Å². The Balaban J connectivity index is 1.17. The number of nitrogens with zero attached hydrogens (tertiary/aromatic N) is 4. The highest BCUT2D eigenvalue weighted by molar-refractivity contribution is 6.15. The number of aromatic nitrogens is 4. The smallest absolute Gasteiger partial charge is 0.167 e. The van der Waals surface area contributed by atoms with Crippen molar-refractivity contribution in [2.24, 2.45) is 0 Å². The Kier molecular flexibility index (Phi) is 6.18. The van der Waals surface area contributed by atoms with Gasteiger partial charge in [0.05, 0.1) is 22.3 Å². The van der Waals surface area contributed by atoms with Crippen molar-refractivity contribution in [2.75, 3.05) is 0 Å². The van der Waals surface area contributed by atoms with Gasteiger partial charge in [0.15, 0.2) is 17.5 Å². The summed E-state index contributed by atoms with van der Waals surface area (Å²) in [5.74, 6) is 1.78. The Hall–Kier alpha value is -7.11. The van der Waals surface area contributed by atoms with Crippen molar-refractivity contribution >= 4 is 65.3 Å². The summed E-state index contributed by atoms with van der Waals surface area (Å²) in [7, 11) is 0. The zero-order valence-electron chi connectivity index (χ0n) is 27.9. The molecular weight excluding hydrogens is 637 g/mol. The first-order valence-electron chi connectivity index (χ1n) is 17.5. The van der Waals surface area contributed by atoms with Gasteiger partial charge in [-0.15, -0.1) is 0 Å². The molecule has 242 valence electrons. The summed E-state index contributed by atoms with van der Waals surface area (Å²) >= 11 is 0. The molecule has 0 saturated carbocycles. The molecule has 0 radical (unpaired) electrons. The van der Waals surface area contributed by atoms with E-state index in [1.165, 1.54) is 32.6 Å². The number of rotatable bonds is 4. The zero-order chi connectivity index (χ0) is 34.2. The van der Waals surface area contributed by atoms with E-state index < -0.39 is 0 Å². The van der Waals surface area contributed by atoms with E-state index in [0.29, 0.717) is 17.5 Å². The molecule has 0 saturated heterocycles. The molecule has 11 rings (SSSR count). The molecule has 0 aliphatic carbocycles. The maximum absolute atomic E-state index is 6.45. The van der Waals surface area contributed by atoms with E-state index in [0.717, 1.165) is 55.1 Å². The van der Waals surface area contributed by atoms with Crippen LogP contribution in [0, 0.1) is 0 Å². The third kappa shape index (κ3) is 4.33. The number of benzene rings is 8. The molecule has 0 spiro atoms. The Morgan fingerprint density at radius 3 is 1.87 bits per heavy atom. The zero-order valence-corrected chi connectivity index (χ0v) is 27.9. The average molecular weight is 665 g/mol. The molecule has 3 aromatic heterocycles. The molecule has 8 aromatic carbocycles. The van der Waals surface area contributed by atoms with Crippen LogP contribution in [0.5, 0.6) is 0 Å². The van der Waals surface area contributed by atoms with Gasteiger partial charge in [0.25, 0.3) is 0 Å². The summed E-state index contributed by atoms with van der Waals surface area (Å²) in [6.45, 7) is 0. The Morgan fingerprint density at radius 1 is 0.385 bits per heavy atom. The molecule has 0 aliphatic rings. The highest BCUT2D eigenvalue weighted by Crippen LogP contribution is 2.40. The second-order valence-electron chi connectivity index (χ2n) is 13.2. The molecule has 0 unspecified atom stereocenters. The fourth-order valence-electron chi connectivity index (χ4n) is 7.84. The minimum atomic E-state index is 0.566. The van der Waals surface area contributed by atoms with Crippen molar-refractivity contribution in [2.45, 2.75) is 0 Å². The third-order valence-electron chi connectivity index (χ3n) is 10.2. The molecule has 5 heteroatoms. The lowest BCUT2D eigenvalue weighted by Crippen LogP contribution is -2.02. The van der Waals surface area contributed by atoms with Crippen LogP contribution < -0.4 is 0 Å². The van der Waals surface area contributed by atoms with Crippen LogP contribution in [0.25, 0.3) is 105 Å². The molecule has 0 bridgehead atoms. The molecule has 52 heavy (non-hydrogen) atoms. The molecule has 0 atom stereocenters. The summed E-state index contributed by atoms with van der Waals surface area (Å²) in [6, 6.07) is 59.2. The van der Waals surface area contributed by atoms with Crippen molar-refractivity contribution in [3.63, 3.8) is 0 Å². The maximum Gasteiger partial charge on any atom is 0.167 e. The van der Waals surface area contributed by atoms with Crippen LogP contribution >= 0.6 is 0 Å². The monoisotopic (exact) mass is 664 g/mol. The van der Waals surface area contributed by atoms with Crippen LogP contribution in [-0.4, -0.2) is 19.5 Å². The van der Waals surface area contributed by atoms with E-state index in [9.17, 15) is 0 Å². The maximum atomic E-state index is 6.45. The van der Waals surface area contributed by atoms with Crippen molar-refractivity contribution in [3.05, 3.63) is 170 Å². The molecule has 3 heterocycles. The van der Waals surface area contributed by atoms with Crippen LogP contribution in [0.4, 0.5) is 0 Å². The van der Waals surface area contributed by atoms with E-state index in [-0.39, 0.29) is 0 Å². The Morgan fingerprint density at radius 2 is 1.02 bits per heavy atom. The normalized spacial score (nSPS) is 11.8. The first kappa shape index (κ1) is 28.7. The molecule has 0 fully saturated rings. The quantitative estimate of drug-likeness (QED) is 0.188. The Bertz CT molecular complexity index is 3190. The van der Waals surface area contributed by atoms with Crippen molar-refractivity contribution in [1.29, 1.82) is 0 Å². The predicted octanol–water partition coefficient (Wildman–Crippen LogP) is 12.2. The second kappa shape index (κ2) is 11.2. The van der Waals surface area contributed by atoms with Crippen LogP contribution in [-0.2, 0) is 0 Å². The second-order valence-corrected chi connectivity index (χ2v) is 13.2. The van der Waals surface area contributed by atoms with Crippen molar-refractivity contribution in [3.8, 4) is 39.9 Å². The summed E-state index contributed by atoms with van der Waals surface area (Å²) in [5, 5.41) is 9.18. The van der Waals surface area contributed by atoms with Gasteiger partial charge in [-0.2, -0.15) is 0 Å². The first-order valence-corrected chi connectivity index (χ1v) is 17.5. The molecule has 0 aliphatic heterocycles. The number of fused-ring (bicyclic) bond motifs is 8. The van der Waals surface area contributed by atoms with Crippen LogP contribution in [0.3, 0.4) is 0 Å². The Labute approximate surface area is 298 Å². The number of hydrogen-bond donors (Lipinski definition) is 0. The van der Waals surface area contributed by atoms with Gasteiger partial charge in [0.1, 0.15) is 11.2 Å². The number of para-hydroxylation sites is 3. The number of hydrogen-bond acceptors (Lipinski definition) is 4. The lowest BCUT2D eigenvalue weighted by Gasteiger charge is -2.15. The lowest BCUT2D eigenvalue weighted by molar-refractivity contribution is 0.669. The highest BCUT2D eigenvalue weighted by Gasteiger charge is 2.21. The van der Waals surface area contributed by atoms with Crippen LogP contribution in [0.2, 0.25) is 0 Å². The third-order valence-corrected chi connectivity index (χ3v) is 10.2. The minimum Gasteiger partial charge on any atom is -0.455 e. The van der Waals surface area contributed by atoms with E-state index in [4.69, 9.17) is 19.4 Å². The van der Waals surface area contributed by atoms with Gasteiger partial charge in [-0.1, -0.05) is 127 Å². The van der Waals surface area contributed by atoms with Gasteiger partial charge < -0.3 is 8.98 Å². The molecule has 0 N–H and O–H groups in total. The average Bonchev–Trinajstić information content (AvgIpc) is 3.75. The standard InChI is InChI=1S/C47H28N4O/c1-2-13-29(14-3-1)45-48-46(50-47(49-45)38-22-12-21-36-35-20-9-11-24-43(35)52-44(36)38)37-25-26-41(33-18-7-6-17-32(33)37)51-40-23-10-8-19-34(40)39-27-30-15-4-5-16-31(30)28-42(39)51/h1-28H. The molecule has 11 aromatic rings. The van der Waals surface area contributed by atoms with Crippen LogP contribution in [0.1, 0.15) is 0 Å². The van der Waals surface area contributed by atoms with E-state index in [2.05, 4.69) is 114 Å². The number of furan rings is 1. The largest absolute Gasteiger partial charge is 0.455 e. The van der Waals surface area contributed by atoms with Gasteiger partial charge in [-0.25, -0.2) is 15.0 Å². The van der Waals surface area contributed by atoms with E-state index in [1.54, 1.807) is 0 Å². The van der Waals surface area contributed by atoms with Crippen LogP contribution in [0.15, 0.2) is 174 Å². The first-order chi connectivity index (χ1) is 25.8. The summed E-state index contributed by atoms with van der Waals surface area (Å²) < 4.78 is 8.85. The fraction of sp³-hybridized carbons (Fsp3) is 0. The molecule has 5 nitrogen and oxygen atoms in total. The molecular formula is C47H28N4O. The lowest BCUT2D eigenvalue weighted by atomic mass is 10.0. The van der Waals surface area contributed by atoms with E-state index in [1.807, 2.05) is 60.7 Å². The summed E-state index contributed by atoms with van der Waals surface area (Å²) in [6.07, 6.45) is 0.